The van der Waals surface area contributed by atoms with Crippen molar-refractivity contribution >= 4 is 33.5 Å². The number of pyridine rings is 1. The van der Waals surface area contributed by atoms with Crippen LogP contribution in [0.1, 0.15) is 26.3 Å². The highest BCUT2D eigenvalue weighted by atomic mass is 79.9. The monoisotopic (exact) mass is 348 g/mol. The molecule has 1 heterocycles. The number of aryl methyl sites for hydroxylation is 1. The minimum Gasteiger partial charge on any atom is -0.465 e. The second kappa shape index (κ2) is 6.49. The lowest BCUT2D eigenvalue weighted by atomic mass is 10.1. The van der Waals surface area contributed by atoms with Gasteiger partial charge in [-0.3, -0.25) is 4.79 Å². The van der Waals surface area contributed by atoms with E-state index in [4.69, 9.17) is 0 Å². The number of nitrogens with one attached hydrogen (secondary N) is 1. The zero-order valence-corrected chi connectivity index (χ0v) is 13.1. The first-order valence-electron chi connectivity index (χ1n) is 6.13. The zero-order valence-electron chi connectivity index (χ0n) is 11.5. The molecule has 0 unspecified atom stereocenters. The Morgan fingerprint density at radius 3 is 2.62 bits per heavy atom. The van der Waals surface area contributed by atoms with Crippen LogP contribution in [0.2, 0.25) is 0 Å². The summed E-state index contributed by atoms with van der Waals surface area (Å²) >= 11 is 3.22. The third kappa shape index (κ3) is 3.66. The van der Waals surface area contributed by atoms with Gasteiger partial charge in [0.05, 0.1) is 12.7 Å². The first-order valence-corrected chi connectivity index (χ1v) is 6.92. The van der Waals surface area contributed by atoms with Gasteiger partial charge in [-0.15, -0.1) is 0 Å². The molecule has 0 spiro atoms. The molecule has 0 aliphatic carbocycles. The Morgan fingerprint density at radius 2 is 1.95 bits per heavy atom. The highest BCUT2D eigenvalue weighted by Gasteiger charge is 2.12. The largest absolute Gasteiger partial charge is 0.465 e. The molecule has 0 bridgehead atoms. The summed E-state index contributed by atoms with van der Waals surface area (Å²) in [6.45, 7) is 1.85. The lowest BCUT2D eigenvalue weighted by Crippen LogP contribution is -2.13. The number of hydrogen-bond donors (Lipinski definition) is 1. The van der Waals surface area contributed by atoms with Crippen molar-refractivity contribution in [3.63, 3.8) is 0 Å². The third-order valence-corrected chi connectivity index (χ3v) is 3.33. The molecule has 0 saturated carbocycles. The number of carbonyl (C=O) groups is 2. The van der Waals surface area contributed by atoms with Gasteiger partial charge in [0.1, 0.15) is 4.60 Å². The summed E-state index contributed by atoms with van der Waals surface area (Å²) in [5.41, 5.74) is 2.27. The topological polar surface area (TPSA) is 68.3 Å². The Morgan fingerprint density at radius 1 is 1.19 bits per heavy atom. The fourth-order valence-electron chi connectivity index (χ4n) is 1.74. The maximum atomic E-state index is 12.2. The van der Waals surface area contributed by atoms with Gasteiger partial charge in [-0.1, -0.05) is 6.07 Å². The second-order valence-electron chi connectivity index (χ2n) is 4.34. The van der Waals surface area contributed by atoms with E-state index in [0.29, 0.717) is 21.4 Å². The van der Waals surface area contributed by atoms with Crippen molar-refractivity contribution < 1.29 is 14.3 Å². The summed E-state index contributed by atoms with van der Waals surface area (Å²) in [4.78, 5) is 27.7. The van der Waals surface area contributed by atoms with Crippen LogP contribution in [-0.4, -0.2) is 24.0 Å². The lowest BCUT2D eigenvalue weighted by Gasteiger charge is -2.10. The summed E-state index contributed by atoms with van der Waals surface area (Å²) in [5, 5.41) is 2.78. The minimum absolute atomic E-state index is 0.275. The number of amides is 1. The number of rotatable bonds is 3. The van der Waals surface area contributed by atoms with E-state index in [1.807, 2.05) is 6.92 Å². The molecule has 0 atom stereocenters. The summed E-state index contributed by atoms with van der Waals surface area (Å²) in [6.07, 6.45) is 1.54. The van der Waals surface area contributed by atoms with Gasteiger partial charge in [0.15, 0.2) is 0 Å². The molecule has 0 fully saturated rings. The Balaban J connectivity index is 2.26. The van der Waals surface area contributed by atoms with E-state index in [-0.39, 0.29) is 5.91 Å². The first kappa shape index (κ1) is 15.2. The van der Waals surface area contributed by atoms with E-state index in [0.717, 1.165) is 5.56 Å². The summed E-state index contributed by atoms with van der Waals surface area (Å²) < 4.78 is 5.25. The van der Waals surface area contributed by atoms with Crippen LogP contribution in [0, 0.1) is 6.92 Å². The van der Waals surface area contributed by atoms with Crippen LogP contribution in [0.4, 0.5) is 5.69 Å². The number of anilines is 1. The molecule has 1 N–H and O–H groups in total. The van der Waals surface area contributed by atoms with Crippen molar-refractivity contribution in [2.24, 2.45) is 0 Å². The van der Waals surface area contributed by atoms with Gasteiger partial charge in [-0.25, -0.2) is 9.78 Å². The molecule has 21 heavy (non-hydrogen) atoms. The van der Waals surface area contributed by atoms with Crippen molar-refractivity contribution in [2.45, 2.75) is 6.92 Å². The highest BCUT2D eigenvalue weighted by Crippen LogP contribution is 2.19. The molecule has 1 amide bonds. The van der Waals surface area contributed by atoms with Crippen molar-refractivity contribution in [1.82, 2.24) is 4.98 Å². The molecule has 108 valence electrons. The molecule has 0 aliphatic heterocycles. The first-order chi connectivity index (χ1) is 10.0. The molecular formula is C15H13BrN2O3. The Labute approximate surface area is 130 Å². The molecule has 1 aromatic carbocycles. The van der Waals surface area contributed by atoms with Crippen molar-refractivity contribution in [3.05, 3.63) is 57.8 Å². The van der Waals surface area contributed by atoms with Gasteiger partial charge in [-0.05, 0) is 52.7 Å². The van der Waals surface area contributed by atoms with E-state index in [1.165, 1.54) is 13.3 Å². The average Bonchev–Trinajstić information content (AvgIpc) is 2.48. The highest BCUT2D eigenvalue weighted by molar-refractivity contribution is 9.10. The number of ether oxygens (including phenoxy) is 1. The lowest BCUT2D eigenvalue weighted by molar-refractivity contribution is 0.0600. The number of carbonyl (C=O) groups excluding carboxylic acids is 2. The molecule has 6 heteroatoms. The predicted molar refractivity (Wildman–Crippen MR) is 82.4 cm³/mol. The number of benzene rings is 1. The molecule has 2 aromatic rings. The SMILES string of the molecule is COC(=O)c1ccc(C)c(NC(=O)c2ccnc(Br)c2)c1. The Kier molecular flexibility index (Phi) is 4.70. The predicted octanol–water partition coefficient (Wildman–Crippen LogP) is 3.19. The van der Waals surface area contributed by atoms with E-state index in [9.17, 15) is 9.59 Å². The molecule has 2 rings (SSSR count). The van der Waals surface area contributed by atoms with Crippen molar-refractivity contribution in [2.75, 3.05) is 12.4 Å². The standard InChI is InChI=1S/C15H13BrN2O3/c1-9-3-4-11(15(20)21-2)7-12(9)18-14(19)10-5-6-17-13(16)8-10/h3-8H,1-2H3,(H,18,19). The fourth-order valence-corrected chi connectivity index (χ4v) is 2.10. The maximum Gasteiger partial charge on any atom is 0.337 e. The third-order valence-electron chi connectivity index (χ3n) is 2.90. The van der Waals surface area contributed by atoms with Gasteiger partial charge in [-0.2, -0.15) is 0 Å². The van der Waals surface area contributed by atoms with Gasteiger partial charge < -0.3 is 10.1 Å². The zero-order chi connectivity index (χ0) is 15.4. The summed E-state index contributed by atoms with van der Waals surface area (Å²) in [6, 6.07) is 8.23. The van der Waals surface area contributed by atoms with Crippen LogP contribution in [0.3, 0.4) is 0 Å². The van der Waals surface area contributed by atoms with E-state index in [2.05, 4.69) is 31.0 Å². The van der Waals surface area contributed by atoms with Gasteiger partial charge in [0.25, 0.3) is 5.91 Å². The maximum absolute atomic E-state index is 12.2. The number of hydrogen-bond acceptors (Lipinski definition) is 4. The van der Waals surface area contributed by atoms with Gasteiger partial charge in [0.2, 0.25) is 0 Å². The van der Waals surface area contributed by atoms with Gasteiger partial charge >= 0.3 is 5.97 Å². The van der Waals surface area contributed by atoms with Crippen LogP contribution < -0.4 is 5.32 Å². The van der Waals surface area contributed by atoms with Gasteiger partial charge in [0, 0.05) is 17.4 Å². The minimum atomic E-state index is -0.447. The van der Waals surface area contributed by atoms with Crippen LogP contribution >= 0.6 is 15.9 Å². The summed E-state index contributed by atoms with van der Waals surface area (Å²) in [7, 11) is 1.31. The van der Waals surface area contributed by atoms with Crippen LogP contribution in [0.15, 0.2) is 41.1 Å². The molecule has 0 saturated heterocycles. The number of nitrogens with zero attached hydrogens (tertiary/aromatic N) is 1. The Hall–Kier alpha value is -2.21. The molecule has 0 aliphatic rings. The molecule has 1 aromatic heterocycles. The van der Waals surface area contributed by atoms with E-state index >= 15 is 0 Å². The van der Waals surface area contributed by atoms with Crippen molar-refractivity contribution in [1.29, 1.82) is 0 Å². The number of methoxy groups -OCH3 is 1. The normalized spacial score (nSPS) is 10.0. The Bertz CT molecular complexity index is 701. The number of esters is 1. The quantitative estimate of drug-likeness (QED) is 0.683. The molecule has 0 radical (unpaired) electrons. The van der Waals surface area contributed by atoms with Crippen LogP contribution in [0.5, 0.6) is 0 Å². The number of aromatic nitrogens is 1. The number of halogens is 1. The van der Waals surface area contributed by atoms with Crippen LogP contribution in [0.25, 0.3) is 0 Å². The van der Waals surface area contributed by atoms with Crippen molar-refractivity contribution in [3.8, 4) is 0 Å². The van der Waals surface area contributed by atoms with E-state index < -0.39 is 5.97 Å². The second-order valence-corrected chi connectivity index (χ2v) is 5.16. The molecular weight excluding hydrogens is 336 g/mol. The molecule has 5 nitrogen and oxygen atoms in total. The fraction of sp³-hybridized carbons (Fsp3) is 0.133. The summed E-state index contributed by atoms with van der Waals surface area (Å²) in [5.74, 6) is -0.722. The van der Waals surface area contributed by atoms with Crippen LogP contribution in [-0.2, 0) is 4.74 Å². The average molecular weight is 349 g/mol. The van der Waals surface area contributed by atoms with E-state index in [1.54, 1.807) is 30.3 Å². The smallest absolute Gasteiger partial charge is 0.337 e.